The first-order valence-electron chi connectivity index (χ1n) is 7.31. The molecular formula is C15H22ClN3O. The van der Waals surface area contributed by atoms with Crippen molar-refractivity contribution in [2.45, 2.75) is 45.1 Å². The molecule has 2 rings (SSSR count). The lowest BCUT2D eigenvalue weighted by Crippen LogP contribution is -2.38. The Morgan fingerprint density at radius 1 is 1.40 bits per heavy atom. The Labute approximate surface area is 125 Å². The molecule has 0 aliphatic heterocycles. The second-order valence-corrected chi connectivity index (χ2v) is 5.67. The lowest BCUT2D eigenvalue weighted by Gasteiger charge is -2.31. The summed E-state index contributed by atoms with van der Waals surface area (Å²) < 4.78 is 0. The van der Waals surface area contributed by atoms with Crippen LogP contribution in [-0.4, -0.2) is 35.4 Å². The lowest BCUT2D eigenvalue weighted by atomic mass is 9.94. The van der Waals surface area contributed by atoms with Crippen LogP contribution in [0, 0.1) is 0 Å². The van der Waals surface area contributed by atoms with Gasteiger partial charge in [-0.1, -0.05) is 30.9 Å². The van der Waals surface area contributed by atoms with E-state index in [0.29, 0.717) is 22.6 Å². The van der Waals surface area contributed by atoms with Gasteiger partial charge in [0.05, 0.1) is 5.02 Å². The molecule has 110 valence electrons. The average Bonchev–Trinajstić information content (AvgIpc) is 2.49. The van der Waals surface area contributed by atoms with Crippen LogP contribution in [0.15, 0.2) is 12.1 Å². The Morgan fingerprint density at radius 3 is 2.75 bits per heavy atom. The van der Waals surface area contributed by atoms with Gasteiger partial charge in [-0.25, -0.2) is 4.98 Å². The molecule has 0 saturated heterocycles. The predicted molar refractivity (Wildman–Crippen MR) is 82.4 cm³/mol. The summed E-state index contributed by atoms with van der Waals surface area (Å²) in [6, 6.07) is 3.84. The van der Waals surface area contributed by atoms with Gasteiger partial charge in [0.25, 0.3) is 5.91 Å². The van der Waals surface area contributed by atoms with Gasteiger partial charge in [0, 0.05) is 19.6 Å². The minimum absolute atomic E-state index is 0.0818. The minimum Gasteiger partial charge on any atom is -0.370 e. The molecule has 1 heterocycles. The van der Waals surface area contributed by atoms with Crippen molar-refractivity contribution in [3.05, 3.63) is 22.8 Å². The van der Waals surface area contributed by atoms with Crippen molar-refractivity contribution < 1.29 is 4.79 Å². The van der Waals surface area contributed by atoms with Crippen LogP contribution in [0.1, 0.15) is 49.5 Å². The summed E-state index contributed by atoms with van der Waals surface area (Å²) in [5.41, 5.74) is 0.346. The van der Waals surface area contributed by atoms with Gasteiger partial charge in [-0.05, 0) is 31.9 Å². The molecule has 1 aliphatic carbocycles. The van der Waals surface area contributed by atoms with Crippen molar-refractivity contribution in [1.82, 2.24) is 9.88 Å². The number of carbonyl (C=O) groups is 1. The van der Waals surface area contributed by atoms with Gasteiger partial charge in [0.15, 0.2) is 0 Å². The first-order chi connectivity index (χ1) is 9.63. The molecule has 1 aliphatic rings. The SMILES string of the molecule is CCNc1ccc(Cl)c(C(=O)N(C)C2CCCCC2)n1. The van der Waals surface area contributed by atoms with Crippen LogP contribution in [0.4, 0.5) is 5.82 Å². The number of nitrogens with zero attached hydrogens (tertiary/aromatic N) is 2. The topological polar surface area (TPSA) is 45.2 Å². The molecule has 1 aromatic rings. The van der Waals surface area contributed by atoms with Crippen LogP contribution in [0.2, 0.25) is 5.02 Å². The van der Waals surface area contributed by atoms with Gasteiger partial charge in [-0.15, -0.1) is 0 Å². The fourth-order valence-corrected chi connectivity index (χ4v) is 2.86. The summed E-state index contributed by atoms with van der Waals surface area (Å²) in [6.45, 7) is 2.76. The number of rotatable bonds is 4. The predicted octanol–water partition coefficient (Wildman–Crippen LogP) is 3.57. The van der Waals surface area contributed by atoms with Gasteiger partial charge in [0.1, 0.15) is 11.5 Å². The Balaban J connectivity index is 2.16. The molecule has 1 saturated carbocycles. The number of aromatic nitrogens is 1. The van der Waals surface area contributed by atoms with E-state index in [2.05, 4.69) is 10.3 Å². The molecular weight excluding hydrogens is 274 g/mol. The van der Waals surface area contributed by atoms with Crippen molar-refractivity contribution in [2.24, 2.45) is 0 Å². The second kappa shape index (κ2) is 6.93. The van der Waals surface area contributed by atoms with E-state index in [1.807, 2.05) is 18.9 Å². The highest BCUT2D eigenvalue weighted by Crippen LogP contribution is 2.24. The summed E-state index contributed by atoms with van der Waals surface area (Å²) in [6.07, 6.45) is 5.81. The Kier molecular flexibility index (Phi) is 5.24. The summed E-state index contributed by atoms with van der Waals surface area (Å²) in [5.74, 6) is 0.610. The molecule has 0 atom stereocenters. The van der Waals surface area contributed by atoms with E-state index in [-0.39, 0.29) is 5.91 Å². The number of pyridine rings is 1. The number of hydrogen-bond donors (Lipinski definition) is 1. The first kappa shape index (κ1) is 15.1. The maximum absolute atomic E-state index is 12.6. The third-order valence-corrected chi connectivity index (χ3v) is 4.15. The largest absolute Gasteiger partial charge is 0.370 e. The first-order valence-corrected chi connectivity index (χ1v) is 7.69. The standard InChI is InChI=1S/C15H22ClN3O/c1-3-17-13-10-9-12(16)14(18-13)15(20)19(2)11-7-5-4-6-8-11/h9-11H,3-8H2,1-2H3,(H,17,18). The van der Waals surface area contributed by atoms with Crippen molar-refractivity contribution in [1.29, 1.82) is 0 Å². The molecule has 0 bridgehead atoms. The summed E-state index contributed by atoms with van der Waals surface area (Å²) in [7, 11) is 1.86. The highest BCUT2D eigenvalue weighted by molar-refractivity contribution is 6.33. The van der Waals surface area contributed by atoms with Gasteiger partial charge >= 0.3 is 0 Å². The second-order valence-electron chi connectivity index (χ2n) is 5.27. The van der Waals surface area contributed by atoms with Crippen LogP contribution >= 0.6 is 11.6 Å². The zero-order valence-electron chi connectivity index (χ0n) is 12.2. The van der Waals surface area contributed by atoms with E-state index in [9.17, 15) is 4.79 Å². The van der Waals surface area contributed by atoms with Crippen molar-refractivity contribution in [3.8, 4) is 0 Å². The van der Waals surface area contributed by atoms with E-state index < -0.39 is 0 Å². The van der Waals surface area contributed by atoms with Gasteiger partial charge in [-0.3, -0.25) is 4.79 Å². The lowest BCUT2D eigenvalue weighted by molar-refractivity contribution is 0.0690. The molecule has 5 heteroatoms. The summed E-state index contributed by atoms with van der Waals surface area (Å²) in [4.78, 5) is 18.7. The highest BCUT2D eigenvalue weighted by atomic mass is 35.5. The summed E-state index contributed by atoms with van der Waals surface area (Å²) in [5, 5.41) is 3.52. The fourth-order valence-electron chi connectivity index (χ4n) is 2.67. The molecule has 1 fully saturated rings. The Morgan fingerprint density at radius 2 is 2.10 bits per heavy atom. The molecule has 1 aromatic heterocycles. The van der Waals surface area contributed by atoms with E-state index in [1.165, 1.54) is 19.3 Å². The monoisotopic (exact) mass is 295 g/mol. The fraction of sp³-hybridized carbons (Fsp3) is 0.600. The zero-order valence-corrected chi connectivity index (χ0v) is 12.9. The molecule has 20 heavy (non-hydrogen) atoms. The van der Waals surface area contributed by atoms with E-state index in [4.69, 9.17) is 11.6 Å². The number of nitrogens with one attached hydrogen (secondary N) is 1. The van der Waals surface area contributed by atoms with Crippen molar-refractivity contribution in [3.63, 3.8) is 0 Å². The Bertz CT molecular complexity index is 472. The molecule has 1 amide bonds. The minimum atomic E-state index is -0.0818. The Hall–Kier alpha value is -1.29. The average molecular weight is 296 g/mol. The summed E-state index contributed by atoms with van der Waals surface area (Å²) >= 11 is 6.14. The van der Waals surface area contributed by atoms with Crippen LogP contribution in [-0.2, 0) is 0 Å². The van der Waals surface area contributed by atoms with Gasteiger partial charge in [-0.2, -0.15) is 0 Å². The number of anilines is 1. The van der Waals surface area contributed by atoms with Crippen molar-refractivity contribution >= 4 is 23.3 Å². The van der Waals surface area contributed by atoms with Gasteiger partial charge < -0.3 is 10.2 Å². The van der Waals surface area contributed by atoms with E-state index in [0.717, 1.165) is 19.4 Å². The number of halogens is 1. The maximum Gasteiger partial charge on any atom is 0.274 e. The van der Waals surface area contributed by atoms with Crippen LogP contribution in [0.3, 0.4) is 0 Å². The van der Waals surface area contributed by atoms with E-state index in [1.54, 1.807) is 12.1 Å². The number of amides is 1. The molecule has 1 N–H and O–H groups in total. The molecule has 0 aromatic carbocycles. The van der Waals surface area contributed by atoms with Crippen LogP contribution in [0.5, 0.6) is 0 Å². The molecule has 0 unspecified atom stereocenters. The van der Waals surface area contributed by atoms with Gasteiger partial charge in [0.2, 0.25) is 0 Å². The normalized spacial score (nSPS) is 15.9. The zero-order chi connectivity index (χ0) is 14.5. The highest BCUT2D eigenvalue weighted by Gasteiger charge is 2.25. The third-order valence-electron chi connectivity index (χ3n) is 3.85. The molecule has 0 spiro atoms. The van der Waals surface area contributed by atoms with Crippen molar-refractivity contribution in [2.75, 3.05) is 18.9 Å². The maximum atomic E-state index is 12.6. The number of hydrogen-bond acceptors (Lipinski definition) is 3. The quantitative estimate of drug-likeness (QED) is 0.923. The molecule has 4 nitrogen and oxygen atoms in total. The third kappa shape index (κ3) is 3.42. The van der Waals surface area contributed by atoms with E-state index >= 15 is 0 Å². The van der Waals surface area contributed by atoms with Crippen LogP contribution < -0.4 is 5.32 Å². The number of carbonyl (C=O) groups excluding carboxylic acids is 1. The molecule has 0 radical (unpaired) electrons. The smallest absolute Gasteiger partial charge is 0.274 e. The van der Waals surface area contributed by atoms with Crippen LogP contribution in [0.25, 0.3) is 0 Å².